The zero-order valence-corrected chi connectivity index (χ0v) is 24.3. The topological polar surface area (TPSA) is 86.8 Å². The molecule has 9 heteroatoms. The fourth-order valence-corrected chi connectivity index (χ4v) is 5.26. The number of nitrogens with one attached hydrogen (secondary N) is 1. The first-order valence-electron chi connectivity index (χ1n) is 12.5. The summed E-state index contributed by atoms with van der Waals surface area (Å²) in [5.41, 5.74) is 3.15. The van der Waals surface area contributed by atoms with E-state index in [1.807, 2.05) is 68.4 Å². The van der Waals surface area contributed by atoms with Gasteiger partial charge in [0.2, 0.25) is 21.8 Å². The van der Waals surface area contributed by atoms with Gasteiger partial charge in [0.05, 0.1) is 11.9 Å². The molecule has 3 rings (SSSR count). The summed E-state index contributed by atoms with van der Waals surface area (Å²) in [6.07, 6.45) is 2.12. The van der Waals surface area contributed by atoms with Crippen LogP contribution in [0.2, 0.25) is 0 Å². The van der Waals surface area contributed by atoms with E-state index in [0.717, 1.165) is 38.1 Å². The predicted octanol–water partition coefficient (Wildman–Crippen LogP) is 4.69. The molecule has 0 saturated carbocycles. The van der Waals surface area contributed by atoms with Crippen LogP contribution < -0.4 is 9.62 Å². The minimum Gasteiger partial charge on any atom is -0.354 e. The average molecular weight is 601 g/mol. The molecule has 1 N–H and O–H groups in total. The number of halogens is 1. The highest BCUT2D eigenvalue weighted by atomic mass is 79.9. The van der Waals surface area contributed by atoms with Crippen molar-refractivity contribution in [2.24, 2.45) is 0 Å². The first kappa shape index (κ1) is 29.4. The van der Waals surface area contributed by atoms with Crippen LogP contribution in [-0.2, 0) is 32.6 Å². The van der Waals surface area contributed by atoms with E-state index in [4.69, 9.17) is 0 Å². The molecule has 0 bridgehead atoms. The van der Waals surface area contributed by atoms with E-state index in [9.17, 15) is 18.0 Å². The van der Waals surface area contributed by atoms with E-state index < -0.39 is 28.5 Å². The molecule has 7 nitrogen and oxygen atoms in total. The lowest BCUT2D eigenvalue weighted by molar-refractivity contribution is -0.140. The third-order valence-electron chi connectivity index (χ3n) is 6.05. The van der Waals surface area contributed by atoms with E-state index >= 15 is 0 Å². The molecule has 2 amide bonds. The summed E-state index contributed by atoms with van der Waals surface area (Å²) in [5, 5.41) is 2.94. The van der Waals surface area contributed by atoms with Crippen LogP contribution in [0.3, 0.4) is 0 Å². The van der Waals surface area contributed by atoms with Crippen LogP contribution >= 0.6 is 15.9 Å². The SMILES string of the molecule is CCCNC(=O)[C@H](Cc1ccccc1)N(Cc1cccc(C)c1)C(=O)CN(c1ccc(Br)cc1)S(C)(=O)=O. The van der Waals surface area contributed by atoms with Crippen LogP contribution in [0, 0.1) is 6.92 Å². The van der Waals surface area contributed by atoms with Crippen molar-refractivity contribution in [2.45, 2.75) is 39.3 Å². The maximum Gasteiger partial charge on any atom is 0.244 e. The fraction of sp³-hybridized carbons (Fsp3) is 0.310. The number of carbonyl (C=O) groups is 2. The van der Waals surface area contributed by atoms with Crippen molar-refractivity contribution < 1.29 is 18.0 Å². The Labute approximate surface area is 234 Å². The largest absolute Gasteiger partial charge is 0.354 e. The molecule has 202 valence electrons. The smallest absolute Gasteiger partial charge is 0.244 e. The van der Waals surface area contributed by atoms with Gasteiger partial charge in [0, 0.05) is 24.0 Å². The highest BCUT2D eigenvalue weighted by Crippen LogP contribution is 2.22. The highest BCUT2D eigenvalue weighted by Gasteiger charge is 2.32. The van der Waals surface area contributed by atoms with Gasteiger partial charge in [-0.2, -0.15) is 0 Å². The molecular weight excluding hydrogens is 566 g/mol. The van der Waals surface area contributed by atoms with Crippen LogP contribution in [0.5, 0.6) is 0 Å². The summed E-state index contributed by atoms with van der Waals surface area (Å²) in [7, 11) is -3.79. The number of rotatable bonds is 12. The molecule has 38 heavy (non-hydrogen) atoms. The van der Waals surface area contributed by atoms with Gasteiger partial charge in [-0.05, 0) is 48.7 Å². The van der Waals surface area contributed by atoms with Gasteiger partial charge in [-0.25, -0.2) is 8.42 Å². The van der Waals surface area contributed by atoms with Gasteiger partial charge in [-0.3, -0.25) is 13.9 Å². The zero-order chi connectivity index (χ0) is 27.7. The minimum absolute atomic E-state index is 0.162. The Morgan fingerprint density at radius 1 is 0.947 bits per heavy atom. The van der Waals surface area contributed by atoms with Crippen molar-refractivity contribution in [1.29, 1.82) is 0 Å². The van der Waals surface area contributed by atoms with E-state index in [0.29, 0.717) is 18.7 Å². The monoisotopic (exact) mass is 599 g/mol. The van der Waals surface area contributed by atoms with Crippen molar-refractivity contribution >= 4 is 43.5 Å². The predicted molar refractivity (Wildman–Crippen MR) is 155 cm³/mol. The van der Waals surface area contributed by atoms with Gasteiger partial charge in [-0.15, -0.1) is 0 Å². The van der Waals surface area contributed by atoms with E-state index in [1.165, 1.54) is 4.90 Å². The summed E-state index contributed by atoms with van der Waals surface area (Å²) in [6.45, 7) is 4.13. The van der Waals surface area contributed by atoms with Crippen LogP contribution in [0.4, 0.5) is 5.69 Å². The van der Waals surface area contributed by atoms with E-state index in [1.54, 1.807) is 24.3 Å². The molecule has 0 aliphatic heterocycles. The molecule has 0 saturated heterocycles. The van der Waals surface area contributed by atoms with Gasteiger partial charge in [0.15, 0.2) is 0 Å². The molecule has 0 radical (unpaired) electrons. The third-order valence-corrected chi connectivity index (χ3v) is 7.72. The van der Waals surface area contributed by atoms with Gasteiger partial charge in [-0.1, -0.05) is 83.0 Å². The van der Waals surface area contributed by atoms with E-state index in [2.05, 4.69) is 21.2 Å². The number of carbonyl (C=O) groups excluding carboxylic acids is 2. The maximum atomic E-state index is 14.0. The number of amides is 2. The lowest BCUT2D eigenvalue weighted by Gasteiger charge is -2.33. The second-order valence-electron chi connectivity index (χ2n) is 9.25. The second kappa shape index (κ2) is 13.6. The molecule has 0 heterocycles. The molecule has 0 aliphatic carbocycles. The van der Waals surface area contributed by atoms with Gasteiger partial charge in [0.25, 0.3) is 0 Å². The van der Waals surface area contributed by atoms with E-state index in [-0.39, 0.29) is 12.5 Å². The van der Waals surface area contributed by atoms with Crippen LogP contribution in [0.1, 0.15) is 30.0 Å². The fourth-order valence-electron chi connectivity index (χ4n) is 4.15. The molecule has 3 aromatic carbocycles. The molecule has 0 spiro atoms. The minimum atomic E-state index is -3.79. The number of benzene rings is 3. The maximum absolute atomic E-state index is 14.0. The molecular formula is C29H34BrN3O4S. The Balaban J connectivity index is 2.03. The van der Waals surface area contributed by atoms with Crippen LogP contribution in [0.25, 0.3) is 0 Å². The number of aryl methyl sites for hydroxylation is 1. The lowest BCUT2D eigenvalue weighted by atomic mass is 10.0. The van der Waals surface area contributed by atoms with Crippen molar-refractivity contribution in [1.82, 2.24) is 10.2 Å². The first-order valence-corrected chi connectivity index (χ1v) is 15.1. The molecule has 3 aromatic rings. The first-order chi connectivity index (χ1) is 18.1. The summed E-state index contributed by atoms with van der Waals surface area (Å²) in [5.74, 6) is -0.737. The summed E-state index contributed by atoms with van der Waals surface area (Å²) in [4.78, 5) is 28.9. The lowest BCUT2D eigenvalue weighted by Crippen LogP contribution is -2.53. The quantitative estimate of drug-likeness (QED) is 0.327. The Hall–Kier alpha value is -3.17. The zero-order valence-electron chi connectivity index (χ0n) is 21.9. The average Bonchev–Trinajstić information content (AvgIpc) is 2.88. The number of hydrogen-bond acceptors (Lipinski definition) is 4. The van der Waals surface area contributed by atoms with Crippen molar-refractivity contribution in [3.8, 4) is 0 Å². The van der Waals surface area contributed by atoms with Crippen molar-refractivity contribution in [2.75, 3.05) is 23.7 Å². The number of sulfonamides is 1. The van der Waals surface area contributed by atoms with Crippen LogP contribution in [-0.4, -0.2) is 50.5 Å². The summed E-state index contributed by atoms with van der Waals surface area (Å²) in [6, 6.07) is 23.1. The number of hydrogen-bond donors (Lipinski definition) is 1. The van der Waals surface area contributed by atoms with Gasteiger partial charge in [0.1, 0.15) is 12.6 Å². The molecule has 0 aromatic heterocycles. The summed E-state index contributed by atoms with van der Waals surface area (Å²) >= 11 is 3.36. The van der Waals surface area contributed by atoms with Gasteiger partial charge < -0.3 is 10.2 Å². The Bertz CT molecular complexity index is 1330. The molecule has 1 atom stereocenters. The standard InChI is InChI=1S/C29H34BrN3O4S/c1-4-17-31-29(35)27(19-23-10-6-5-7-11-23)32(20-24-12-8-9-22(2)18-24)28(34)21-33(38(3,36)37)26-15-13-25(30)14-16-26/h5-16,18,27H,4,17,19-21H2,1-3H3,(H,31,35)/t27-/m0/s1. The third kappa shape index (κ3) is 8.43. The Morgan fingerprint density at radius 2 is 1.61 bits per heavy atom. The second-order valence-corrected chi connectivity index (χ2v) is 12.1. The van der Waals surface area contributed by atoms with Crippen molar-refractivity contribution in [3.05, 3.63) is 100 Å². The van der Waals surface area contributed by atoms with Gasteiger partial charge >= 0.3 is 0 Å². The number of anilines is 1. The highest BCUT2D eigenvalue weighted by molar-refractivity contribution is 9.10. The molecule has 0 unspecified atom stereocenters. The Morgan fingerprint density at radius 3 is 2.21 bits per heavy atom. The normalized spacial score (nSPS) is 12.0. The molecule has 0 fully saturated rings. The summed E-state index contributed by atoms with van der Waals surface area (Å²) < 4.78 is 27.4. The van der Waals surface area contributed by atoms with Crippen molar-refractivity contribution in [3.63, 3.8) is 0 Å². The van der Waals surface area contributed by atoms with Crippen LogP contribution in [0.15, 0.2) is 83.3 Å². The molecule has 0 aliphatic rings. The number of nitrogens with zero attached hydrogens (tertiary/aromatic N) is 2. The Kier molecular flexibility index (Phi) is 10.5.